The van der Waals surface area contributed by atoms with Crippen molar-refractivity contribution in [2.24, 2.45) is 0 Å². The smallest absolute Gasteiger partial charge is 0.243 e. The Balaban J connectivity index is 1.70. The Labute approximate surface area is 168 Å². The van der Waals surface area contributed by atoms with Crippen LogP contribution in [-0.4, -0.2) is 18.2 Å². The minimum Gasteiger partial charge on any atom is -0.455 e. The van der Waals surface area contributed by atoms with Gasteiger partial charge < -0.3 is 15.4 Å². The van der Waals surface area contributed by atoms with E-state index in [0.29, 0.717) is 33.5 Å². The van der Waals surface area contributed by atoms with Crippen LogP contribution >= 0.6 is 11.6 Å². The van der Waals surface area contributed by atoms with E-state index >= 15 is 0 Å². The van der Waals surface area contributed by atoms with Gasteiger partial charge in [0.2, 0.25) is 5.91 Å². The second kappa shape index (κ2) is 9.06. The number of hydrogen-bond donors (Lipinski definition) is 2. The Hall–Kier alpha value is -3.31. The van der Waals surface area contributed by atoms with Crippen molar-refractivity contribution in [1.29, 1.82) is 0 Å². The summed E-state index contributed by atoms with van der Waals surface area (Å²) in [7, 11) is 0. The van der Waals surface area contributed by atoms with Crippen LogP contribution in [0.25, 0.3) is 0 Å². The third kappa shape index (κ3) is 5.11. The number of nitrogens with one attached hydrogen (secondary N) is 2. The first-order valence-electron chi connectivity index (χ1n) is 8.69. The van der Waals surface area contributed by atoms with E-state index < -0.39 is 0 Å². The van der Waals surface area contributed by atoms with Crippen LogP contribution in [0.4, 0.5) is 11.4 Å². The minimum absolute atomic E-state index is 0.0123. The lowest BCUT2D eigenvalue weighted by atomic mass is 10.1. The van der Waals surface area contributed by atoms with Crippen LogP contribution in [0.3, 0.4) is 0 Å². The topological polar surface area (TPSA) is 67.4 Å². The first-order valence-corrected chi connectivity index (χ1v) is 9.07. The minimum atomic E-state index is -0.293. The van der Waals surface area contributed by atoms with Crippen molar-refractivity contribution in [2.45, 2.75) is 6.92 Å². The number of anilines is 2. The lowest BCUT2D eigenvalue weighted by molar-refractivity contribution is -0.114. The molecule has 0 unspecified atom stereocenters. The third-order valence-electron chi connectivity index (χ3n) is 3.93. The number of para-hydroxylation sites is 2. The molecule has 3 aromatic rings. The molecule has 3 rings (SSSR count). The number of carbonyl (C=O) groups is 2. The first-order chi connectivity index (χ1) is 13.5. The molecule has 1 amide bonds. The summed E-state index contributed by atoms with van der Waals surface area (Å²) in [4.78, 5) is 24.1. The number of ether oxygens (including phenoxy) is 1. The highest BCUT2D eigenvalue weighted by Gasteiger charge is 2.12. The fraction of sp³-hybridized carbons (Fsp3) is 0.0909. The summed E-state index contributed by atoms with van der Waals surface area (Å²) in [6.45, 7) is 1.47. The molecule has 0 spiro atoms. The number of Topliss-reactive ketones (excluding diaryl/α,β-unsaturated/α-hetero) is 1. The summed E-state index contributed by atoms with van der Waals surface area (Å²) in [5.74, 6) is 0.761. The van der Waals surface area contributed by atoms with Gasteiger partial charge in [-0.2, -0.15) is 0 Å². The summed E-state index contributed by atoms with van der Waals surface area (Å²) in [6, 6.07) is 21.3. The number of hydrogen-bond acceptors (Lipinski definition) is 4. The van der Waals surface area contributed by atoms with Crippen molar-refractivity contribution < 1.29 is 14.3 Å². The van der Waals surface area contributed by atoms with Crippen LogP contribution in [0.15, 0.2) is 72.8 Å². The van der Waals surface area contributed by atoms with E-state index in [2.05, 4.69) is 10.6 Å². The van der Waals surface area contributed by atoms with E-state index in [0.717, 1.165) is 0 Å². The summed E-state index contributed by atoms with van der Waals surface area (Å²) in [6.07, 6.45) is 0. The molecule has 0 aliphatic carbocycles. The molecule has 0 fully saturated rings. The van der Waals surface area contributed by atoms with Gasteiger partial charge in [0.25, 0.3) is 0 Å². The fourth-order valence-electron chi connectivity index (χ4n) is 2.62. The monoisotopic (exact) mass is 394 g/mol. The van der Waals surface area contributed by atoms with Crippen molar-refractivity contribution in [1.82, 2.24) is 0 Å². The second-order valence-electron chi connectivity index (χ2n) is 6.06. The van der Waals surface area contributed by atoms with Crippen LogP contribution in [0, 0.1) is 0 Å². The molecule has 0 aliphatic heterocycles. The van der Waals surface area contributed by atoms with Crippen LogP contribution in [0.1, 0.15) is 17.3 Å². The molecule has 0 atom stereocenters. The van der Waals surface area contributed by atoms with E-state index in [4.69, 9.17) is 16.3 Å². The normalized spacial score (nSPS) is 10.2. The second-order valence-corrected chi connectivity index (χ2v) is 6.50. The van der Waals surface area contributed by atoms with Gasteiger partial charge in [0.15, 0.2) is 11.5 Å². The summed E-state index contributed by atoms with van der Waals surface area (Å²) < 4.78 is 5.84. The average molecular weight is 395 g/mol. The fourth-order valence-corrected chi connectivity index (χ4v) is 2.79. The van der Waals surface area contributed by atoms with Crippen molar-refractivity contribution >= 4 is 34.7 Å². The molecule has 3 aromatic carbocycles. The SMILES string of the molecule is CC(=O)c1ccccc1NCC(=O)Nc1cc(Cl)ccc1Oc1ccccc1. The molecule has 2 N–H and O–H groups in total. The van der Waals surface area contributed by atoms with E-state index in [9.17, 15) is 9.59 Å². The highest BCUT2D eigenvalue weighted by molar-refractivity contribution is 6.31. The zero-order valence-electron chi connectivity index (χ0n) is 15.2. The average Bonchev–Trinajstić information content (AvgIpc) is 2.69. The van der Waals surface area contributed by atoms with Gasteiger partial charge in [0.05, 0.1) is 12.2 Å². The largest absolute Gasteiger partial charge is 0.455 e. The summed E-state index contributed by atoms with van der Waals surface area (Å²) in [5.41, 5.74) is 1.60. The number of ketones is 1. The molecule has 28 heavy (non-hydrogen) atoms. The molecule has 0 saturated heterocycles. The van der Waals surface area contributed by atoms with Crippen molar-refractivity contribution in [3.63, 3.8) is 0 Å². The van der Waals surface area contributed by atoms with E-state index in [1.54, 1.807) is 42.5 Å². The van der Waals surface area contributed by atoms with Crippen LogP contribution in [0.5, 0.6) is 11.5 Å². The Morgan fingerprint density at radius 2 is 1.64 bits per heavy atom. The van der Waals surface area contributed by atoms with Gasteiger partial charge in [-0.1, -0.05) is 41.9 Å². The van der Waals surface area contributed by atoms with Gasteiger partial charge in [-0.25, -0.2) is 0 Å². The zero-order valence-corrected chi connectivity index (χ0v) is 16.0. The predicted molar refractivity (Wildman–Crippen MR) is 112 cm³/mol. The zero-order chi connectivity index (χ0) is 19.9. The number of benzene rings is 3. The van der Waals surface area contributed by atoms with Crippen molar-refractivity contribution in [2.75, 3.05) is 17.2 Å². The molecular formula is C22H19ClN2O3. The Kier molecular flexibility index (Phi) is 6.29. The lowest BCUT2D eigenvalue weighted by Crippen LogP contribution is -2.22. The molecule has 6 heteroatoms. The van der Waals surface area contributed by atoms with Gasteiger partial charge in [-0.05, 0) is 49.4 Å². The van der Waals surface area contributed by atoms with Crippen molar-refractivity contribution in [3.05, 3.63) is 83.4 Å². The maximum atomic E-state index is 12.4. The molecule has 5 nitrogen and oxygen atoms in total. The van der Waals surface area contributed by atoms with Gasteiger partial charge in [0.1, 0.15) is 5.75 Å². The van der Waals surface area contributed by atoms with Crippen LogP contribution < -0.4 is 15.4 Å². The van der Waals surface area contributed by atoms with Gasteiger partial charge in [0, 0.05) is 16.3 Å². The van der Waals surface area contributed by atoms with Gasteiger partial charge >= 0.3 is 0 Å². The van der Waals surface area contributed by atoms with Gasteiger partial charge in [-0.15, -0.1) is 0 Å². The number of carbonyl (C=O) groups excluding carboxylic acids is 2. The Morgan fingerprint density at radius 3 is 2.39 bits per heavy atom. The lowest BCUT2D eigenvalue weighted by Gasteiger charge is -2.14. The molecule has 0 saturated carbocycles. The standard InChI is InChI=1S/C22H19ClN2O3/c1-15(26)18-9-5-6-10-19(18)24-14-22(27)25-20-13-16(23)11-12-21(20)28-17-7-3-2-4-8-17/h2-13,24H,14H2,1H3,(H,25,27). The summed E-state index contributed by atoms with van der Waals surface area (Å²) >= 11 is 6.07. The van der Waals surface area contributed by atoms with E-state index in [1.165, 1.54) is 6.92 Å². The highest BCUT2D eigenvalue weighted by atomic mass is 35.5. The molecule has 0 radical (unpaired) electrons. The predicted octanol–water partition coefficient (Wildman–Crippen LogP) is 5.39. The Bertz CT molecular complexity index is 990. The number of amides is 1. The van der Waals surface area contributed by atoms with Crippen LogP contribution in [-0.2, 0) is 4.79 Å². The third-order valence-corrected chi connectivity index (χ3v) is 4.17. The van der Waals surface area contributed by atoms with E-state index in [1.807, 2.05) is 30.3 Å². The van der Waals surface area contributed by atoms with Gasteiger partial charge in [-0.3, -0.25) is 9.59 Å². The van der Waals surface area contributed by atoms with E-state index in [-0.39, 0.29) is 18.2 Å². The number of halogens is 1. The van der Waals surface area contributed by atoms with Crippen molar-refractivity contribution in [3.8, 4) is 11.5 Å². The molecule has 0 bridgehead atoms. The maximum absolute atomic E-state index is 12.4. The molecular weight excluding hydrogens is 376 g/mol. The highest BCUT2D eigenvalue weighted by Crippen LogP contribution is 2.32. The quantitative estimate of drug-likeness (QED) is 0.527. The molecule has 0 aliphatic rings. The number of rotatable bonds is 7. The molecule has 0 heterocycles. The van der Waals surface area contributed by atoms with Crippen LogP contribution in [0.2, 0.25) is 5.02 Å². The summed E-state index contributed by atoms with van der Waals surface area (Å²) in [5, 5.41) is 6.26. The Morgan fingerprint density at radius 1 is 0.929 bits per heavy atom. The molecule has 0 aromatic heterocycles. The molecule has 142 valence electrons. The first kappa shape index (κ1) is 19.5. The maximum Gasteiger partial charge on any atom is 0.243 e.